The number of carboxylic acid groups (broad SMARTS) is 1. The Kier molecular flexibility index (Phi) is 6.13. The quantitative estimate of drug-likeness (QED) is 0.821. The number of carbonyl (C=O) groups is 2. The average Bonchev–Trinajstić information content (AvgIpc) is 2.58. The van der Waals surface area contributed by atoms with Crippen molar-refractivity contribution in [2.24, 2.45) is 5.92 Å². The first kappa shape index (κ1) is 17.7. The lowest BCUT2D eigenvalue weighted by atomic mass is 9.90. The zero-order valence-electron chi connectivity index (χ0n) is 14.0. The van der Waals surface area contributed by atoms with Crippen LogP contribution in [0.2, 0.25) is 0 Å². The minimum absolute atomic E-state index is 0.181. The highest BCUT2D eigenvalue weighted by atomic mass is 16.4. The molecule has 2 aromatic rings. The second-order valence-electron chi connectivity index (χ2n) is 6.22. The van der Waals surface area contributed by atoms with Crippen molar-refractivity contribution in [2.45, 2.75) is 32.2 Å². The van der Waals surface area contributed by atoms with Gasteiger partial charge in [0.05, 0.1) is 5.92 Å². The largest absolute Gasteiger partial charge is 0.480 e. The van der Waals surface area contributed by atoms with Gasteiger partial charge in [-0.2, -0.15) is 0 Å². The van der Waals surface area contributed by atoms with Crippen molar-refractivity contribution >= 4 is 11.9 Å². The maximum Gasteiger partial charge on any atom is 0.326 e. The maximum absolute atomic E-state index is 12.8. The number of rotatable bonds is 7. The van der Waals surface area contributed by atoms with Crippen LogP contribution in [-0.2, 0) is 16.0 Å². The second kappa shape index (κ2) is 8.29. The molecule has 0 saturated carbocycles. The van der Waals surface area contributed by atoms with Gasteiger partial charge in [-0.15, -0.1) is 0 Å². The minimum Gasteiger partial charge on any atom is -0.480 e. The standard InChI is InChI=1S/C20H23NO3/c1-14(2)18(20(23)24)21-19(22)17(16-11-7-4-8-12-16)13-15-9-5-3-6-10-15/h3-12,14,17-18H,13H2,1-2H3,(H,21,22)(H,23,24). The highest BCUT2D eigenvalue weighted by molar-refractivity contribution is 5.88. The van der Waals surface area contributed by atoms with Crippen molar-refractivity contribution in [3.63, 3.8) is 0 Å². The third kappa shape index (κ3) is 4.69. The molecule has 2 aromatic carbocycles. The summed E-state index contributed by atoms with van der Waals surface area (Å²) in [5.41, 5.74) is 1.92. The molecular formula is C20H23NO3. The topological polar surface area (TPSA) is 66.4 Å². The maximum atomic E-state index is 12.8. The molecule has 0 aromatic heterocycles. The van der Waals surface area contributed by atoms with Gasteiger partial charge in [0.2, 0.25) is 5.91 Å². The van der Waals surface area contributed by atoms with E-state index in [2.05, 4.69) is 5.32 Å². The first-order valence-electron chi connectivity index (χ1n) is 8.11. The summed E-state index contributed by atoms with van der Waals surface area (Å²) in [5, 5.41) is 12.0. The summed E-state index contributed by atoms with van der Waals surface area (Å²) in [6.45, 7) is 3.57. The van der Waals surface area contributed by atoms with E-state index < -0.39 is 17.9 Å². The fourth-order valence-corrected chi connectivity index (χ4v) is 2.66. The van der Waals surface area contributed by atoms with Crippen LogP contribution in [0.1, 0.15) is 30.9 Å². The second-order valence-corrected chi connectivity index (χ2v) is 6.22. The Morgan fingerprint density at radius 1 is 0.958 bits per heavy atom. The van der Waals surface area contributed by atoms with Crippen molar-refractivity contribution in [1.29, 1.82) is 0 Å². The summed E-state index contributed by atoms with van der Waals surface area (Å²) in [7, 11) is 0. The van der Waals surface area contributed by atoms with E-state index in [9.17, 15) is 14.7 Å². The van der Waals surface area contributed by atoms with Crippen LogP contribution >= 0.6 is 0 Å². The minimum atomic E-state index is -1.01. The van der Waals surface area contributed by atoms with Crippen LogP contribution in [0.15, 0.2) is 60.7 Å². The van der Waals surface area contributed by atoms with Crippen molar-refractivity contribution in [3.8, 4) is 0 Å². The zero-order valence-corrected chi connectivity index (χ0v) is 14.0. The third-order valence-electron chi connectivity index (χ3n) is 4.03. The predicted octanol–water partition coefficient (Wildman–Crippen LogP) is 3.24. The van der Waals surface area contributed by atoms with E-state index in [0.29, 0.717) is 6.42 Å². The van der Waals surface area contributed by atoms with E-state index in [-0.39, 0.29) is 11.8 Å². The van der Waals surface area contributed by atoms with Gasteiger partial charge in [0, 0.05) is 0 Å². The first-order valence-corrected chi connectivity index (χ1v) is 8.11. The molecule has 0 aliphatic carbocycles. The van der Waals surface area contributed by atoms with E-state index in [1.54, 1.807) is 13.8 Å². The van der Waals surface area contributed by atoms with Gasteiger partial charge in [-0.05, 0) is 23.5 Å². The first-order chi connectivity index (χ1) is 11.5. The monoisotopic (exact) mass is 325 g/mol. The van der Waals surface area contributed by atoms with Gasteiger partial charge < -0.3 is 10.4 Å². The summed E-state index contributed by atoms with van der Waals surface area (Å²) in [5.74, 6) is -1.87. The van der Waals surface area contributed by atoms with E-state index in [0.717, 1.165) is 11.1 Å². The highest BCUT2D eigenvalue weighted by Gasteiger charge is 2.28. The van der Waals surface area contributed by atoms with Gasteiger partial charge in [-0.1, -0.05) is 74.5 Å². The molecule has 0 spiro atoms. The van der Waals surface area contributed by atoms with Gasteiger partial charge in [0.25, 0.3) is 0 Å². The third-order valence-corrected chi connectivity index (χ3v) is 4.03. The number of amides is 1. The molecule has 24 heavy (non-hydrogen) atoms. The molecule has 1 amide bonds. The number of aliphatic carboxylic acids is 1. The van der Waals surface area contributed by atoms with Crippen LogP contribution in [0.4, 0.5) is 0 Å². The van der Waals surface area contributed by atoms with Gasteiger partial charge in [-0.3, -0.25) is 4.79 Å². The molecule has 2 atom stereocenters. The van der Waals surface area contributed by atoms with E-state index >= 15 is 0 Å². The van der Waals surface area contributed by atoms with E-state index in [1.807, 2.05) is 60.7 Å². The number of benzene rings is 2. The molecule has 0 fully saturated rings. The molecule has 4 heteroatoms. The Labute approximate surface area is 142 Å². The van der Waals surface area contributed by atoms with Crippen LogP contribution in [-0.4, -0.2) is 23.0 Å². The van der Waals surface area contributed by atoms with E-state index in [4.69, 9.17) is 0 Å². The molecular weight excluding hydrogens is 302 g/mol. The Bertz CT molecular complexity index is 668. The molecule has 2 unspecified atom stereocenters. The molecule has 0 saturated heterocycles. The predicted molar refractivity (Wildman–Crippen MR) is 93.7 cm³/mol. The molecule has 0 aliphatic heterocycles. The lowest BCUT2D eigenvalue weighted by Gasteiger charge is -2.23. The SMILES string of the molecule is CC(C)C(NC(=O)C(Cc1ccccc1)c1ccccc1)C(=O)O. The molecule has 4 nitrogen and oxygen atoms in total. The van der Waals surface area contributed by atoms with Gasteiger partial charge >= 0.3 is 5.97 Å². The van der Waals surface area contributed by atoms with Crippen LogP contribution in [0.3, 0.4) is 0 Å². The summed E-state index contributed by atoms with van der Waals surface area (Å²) in [4.78, 5) is 24.2. The Balaban J connectivity index is 2.25. The highest BCUT2D eigenvalue weighted by Crippen LogP contribution is 2.22. The van der Waals surface area contributed by atoms with Gasteiger partial charge in [0.1, 0.15) is 6.04 Å². The van der Waals surface area contributed by atoms with Crippen molar-refractivity contribution < 1.29 is 14.7 Å². The van der Waals surface area contributed by atoms with Crippen LogP contribution in [0.25, 0.3) is 0 Å². The Morgan fingerprint density at radius 2 is 1.50 bits per heavy atom. The van der Waals surface area contributed by atoms with Gasteiger partial charge in [0.15, 0.2) is 0 Å². The molecule has 0 radical (unpaired) electrons. The van der Waals surface area contributed by atoms with Crippen molar-refractivity contribution in [2.75, 3.05) is 0 Å². The molecule has 0 heterocycles. The smallest absolute Gasteiger partial charge is 0.326 e. The molecule has 2 rings (SSSR count). The number of carbonyl (C=O) groups excluding carboxylic acids is 1. The molecule has 0 bridgehead atoms. The number of nitrogens with one attached hydrogen (secondary N) is 1. The molecule has 2 N–H and O–H groups in total. The zero-order chi connectivity index (χ0) is 17.5. The van der Waals surface area contributed by atoms with Crippen molar-refractivity contribution in [3.05, 3.63) is 71.8 Å². The summed E-state index contributed by atoms with van der Waals surface area (Å²) < 4.78 is 0. The average molecular weight is 325 g/mol. The summed E-state index contributed by atoms with van der Waals surface area (Å²) in [6.07, 6.45) is 0.529. The number of hydrogen-bond acceptors (Lipinski definition) is 2. The van der Waals surface area contributed by atoms with Crippen LogP contribution < -0.4 is 5.32 Å². The molecule has 126 valence electrons. The number of carboxylic acids is 1. The lowest BCUT2D eigenvalue weighted by molar-refractivity contribution is -0.143. The van der Waals surface area contributed by atoms with Gasteiger partial charge in [-0.25, -0.2) is 4.79 Å². The fourth-order valence-electron chi connectivity index (χ4n) is 2.66. The lowest BCUT2D eigenvalue weighted by Crippen LogP contribution is -2.46. The number of hydrogen-bond donors (Lipinski definition) is 2. The Hall–Kier alpha value is -2.62. The summed E-state index contributed by atoms with van der Waals surface area (Å²) in [6, 6.07) is 18.3. The fraction of sp³-hybridized carbons (Fsp3) is 0.300. The Morgan fingerprint density at radius 3 is 2.00 bits per heavy atom. The normalized spacial score (nSPS) is 13.3. The van der Waals surface area contributed by atoms with Crippen molar-refractivity contribution in [1.82, 2.24) is 5.32 Å². The van der Waals surface area contributed by atoms with E-state index in [1.165, 1.54) is 0 Å². The van der Waals surface area contributed by atoms with Crippen LogP contribution in [0.5, 0.6) is 0 Å². The van der Waals surface area contributed by atoms with Crippen LogP contribution in [0, 0.1) is 5.92 Å². The summed E-state index contributed by atoms with van der Waals surface area (Å²) >= 11 is 0. The molecule has 0 aliphatic rings.